The first-order valence-corrected chi connectivity index (χ1v) is 9.92. The molecule has 0 aromatic heterocycles. The molecule has 1 amide bonds. The van der Waals surface area contributed by atoms with Crippen molar-refractivity contribution in [2.75, 3.05) is 7.11 Å². The van der Waals surface area contributed by atoms with Crippen molar-refractivity contribution in [2.24, 2.45) is 17.8 Å². The molecule has 0 aromatic rings. The summed E-state index contributed by atoms with van der Waals surface area (Å²) in [6, 6.07) is 0. The van der Waals surface area contributed by atoms with Gasteiger partial charge in [-0.05, 0) is 56.3 Å². The molecule has 0 unspecified atom stereocenters. The van der Waals surface area contributed by atoms with E-state index in [2.05, 4.69) is 15.5 Å². The Kier molecular flexibility index (Phi) is 3.86. The van der Waals surface area contributed by atoms with Gasteiger partial charge in [0.2, 0.25) is 5.91 Å². The second-order valence-electron chi connectivity index (χ2n) is 8.90. The Balaban J connectivity index is 1.39. The van der Waals surface area contributed by atoms with Gasteiger partial charge in [-0.25, -0.2) is 9.89 Å². The minimum Gasteiger partial charge on any atom is -0.465 e. The van der Waals surface area contributed by atoms with Gasteiger partial charge in [-0.15, -0.1) is 0 Å². The lowest BCUT2D eigenvalue weighted by Gasteiger charge is -2.56. The van der Waals surface area contributed by atoms with Crippen molar-refractivity contribution in [2.45, 2.75) is 50.6 Å². The number of methoxy groups -OCH3 is 1. The fourth-order valence-corrected chi connectivity index (χ4v) is 6.21. The molecule has 0 radical (unpaired) electrons. The van der Waals surface area contributed by atoms with Crippen LogP contribution >= 0.6 is 0 Å². The molecule has 8 heteroatoms. The van der Waals surface area contributed by atoms with Gasteiger partial charge in [0.1, 0.15) is 17.8 Å². The Morgan fingerprint density at radius 1 is 1.21 bits per heavy atom. The summed E-state index contributed by atoms with van der Waals surface area (Å²) in [7, 11) is 1.27. The number of nitrogens with one attached hydrogen (secondary N) is 2. The van der Waals surface area contributed by atoms with Gasteiger partial charge in [0.05, 0.1) is 12.7 Å². The highest BCUT2D eigenvalue weighted by Crippen LogP contribution is 2.55. The summed E-state index contributed by atoms with van der Waals surface area (Å²) < 4.78 is 6.37. The Morgan fingerprint density at radius 3 is 2.46 bits per heavy atom. The number of nitrogens with zero attached hydrogens (tertiary/aromatic N) is 2. The zero-order valence-corrected chi connectivity index (χ0v) is 15.9. The van der Waals surface area contributed by atoms with Crippen LogP contribution in [0.5, 0.6) is 0 Å². The third-order valence-corrected chi connectivity index (χ3v) is 6.79. The van der Waals surface area contributed by atoms with E-state index in [9.17, 15) is 14.4 Å². The van der Waals surface area contributed by atoms with Crippen molar-refractivity contribution in [3.63, 3.8) is 0 Å². The normalized spacial score (nSPS) is 30.5. The molecule has 2 heterocycles. The van der Waals surface area contributed by atoms with Crippen molar-refractivity contribution in [3.05, 3.63) is 28.3 Å². The van der Waals surface area contributed by atoms with E-state index in [1.165, 1.54) is 32.6 Å². The van der Waals surface area contributed by atoms with E-state index in [-0.39, 0.29) is 34.8 Å². The van der Waals surface area contributed by atoms with Crippen LogP contribution < -0.4 is 10.9 Å². The van der Waals surface area contributed by atoms with Gasteiger partial charge in [0.15, 0.2) is 0 Å². The summed E-state index contributed by atoms with van der Waals surface area (Å²) in [4.78, 5) is 36.9. The number of ether oxygens (including phenoxy) is 1. The van der Waals surface area contributed by atoms with Gasteiger partial charge in [0, 0.05) is 17.9 Å². The van der Waals surface area contributed by atoms with Crippen LogP contribution in [0.15, 0.2) is 17.2 Å². The highest BCUT2D eigenvalue weighted by molar-refractivity contribution is 5.96. The Morgan fingerprint density at radius 2 is 1.86 bits per heavy atom. The number of rotatable bonds is 4. The molecule has 2 N–H and O–H groups in total. The van der Waals surface area contributed by atoms with E-state index in [0.29, 0.717) is 0 Å². The molecule has 0 aromatic carbocycles. The van der Waals surface area contributed by atoms with Gasteiger partial charge >= 0.3 is 5.97 Å². The molecule has 0 atom stereocenters. The van der Waals surface area contributed by atoms with Crippen molar-refractivity contribution in [1.29, 1.82) is 0 Å². The number of aromatic amines is 1. The third kappa shape index (κ3) is 2.82. The molecule has 0 spiro atoms. The summed E-state index contributed by atoms with van der Waals surface area (Å²) in [5.41, 5.74) is 0.234. The van der Waals surface area contributed by atoms with Crippen molar-refractivity contribution in [3.8, 4) is 11.3 Å². The molecule has 8 nitrogen and oxygen atoms in total. The number of amides is 1. The molecule has 4 saturated carbocycles. The highest BCUT2D eigenvalue weighted by atomic mass is 16.5. The summed E-state index contributed by atoms with van der Waals surface area (Å²) in [6.07, 6.45) is 10.3. The zero-order valence-electron chi connectivity index (χ0n) is 15.9. The Labute approximate surface area is 162 Å². The van der Waals surface area contributed by atoms with E-state index in [4.69, 9.17) is 4.74 Å². The summed E-state index contributed by atoms with van der Waals surface area (Å²) in [6.45, 7) is 0.0479. The molecular weight excluding hydrogens is 360 g/mol. The molecule has 6 rings (SSSR count). The number of hydrogen-bond donors (Lipinski definition) is 2. The fourth-order valence-electron chi connectivity index (χ4n) is 6.21. The zero-order chi connectivity index (χ0) is 19.5. The number of pyridine rings is 1. The second-order valence-corrected chi connectivity index (χ2v) is 8.90. The number of hydrogen-bond acceptors (Lipinski definition) is 5. The minimum absolute atomic E-state index is 0.0479. The maximum Gasteiger partial charge on any atom is 0.341 e. The van der Waals surface area contributed by atoms with Crippen LogP contribution in [-0.4, -0.2) is 39.3 Å². The second kappa shape index (κ2) is 6.18. The van der Waals surface area contributed by atoms with Gasteiger partial charge in [-0.2, -0.15) is 5.10 Å². The van der Waals surface area contributed by atoms with Gasteiger partial charge < -0.3 is 14.6 Å². The molecule has 4 fully saturated rings. The Bertz CT molecular complexity index is 940. The van der Waals surface area contributed by atoms with E-state index in [0.717, 1.165) is 37.0 Å². The minimum atomic E-state index is -0.590. The van der Waals surface area contributed by atoms with Crippen molar-refractivity contribution < 1.29 is 14.3 Å². The smallest absolute Gasteiger partial charge is 0.341 e. The molecule has 0 saturated heterocycles. The number of carbonyl (C=O) groups excluding carboxylic acids is 2. The van der Waals surface area contributed by atoms with E-state index >= 15 is 0 Å². The highest BCUT2D eigenvalue weighted by Gasteiger charge is 2.51. The lowest BCUT2D eigenvalue weighted by atomic mass is 9.53. The number of esters is 1. The standard InChI is InChI=1S/C20H24N4O4/c1-28-19(27)15-9-24(8-14-17(15)22-23-18(14)26)10-16(25)21-20-5-11-2-12(6-20)4-13(3-11)7-20/h8-9,11-13H,2-7,10H2,1H3,(H,21,25)(H,23,26). The van der Waals surface area contributed by atoms with Crippen molar-refractivity contribution in [1.82, 2.24) is 20.1 Å². The summed E-state index contributed by atoms with van der Waals surface area (Å²) in [5, 5.41) is 9.57. The van der Waals surface area contributed by atoms with Crippen LogP contribution in [0, 0.1) is 17.8 Å². The van der Waals surface area contributed by atoms with Gasteiger partial charge in [-0.3, -0.25) is 9.59 Å². The molecule has 4 aliphatic carbocycles. The fraction of sp³-hybridized carbons (Fsp3) is 0.600. The van der Waals surface area contributed by atoms with E-state index in [1.54, 1.807) is 10.8 Å². The topological polar surface area (TPSA) is 106 Å². The Hall–Kier alpha value is -2.64. The first-order chi connectivity index (χ1) is 13.4. The van der Waals surface area contributed by atoms with Crippen LogP contribution in [0.1, 0.15) is 48.9 Å². The lowest BCUT2D eigenvalue weighted by molar-refractivity contribution is -0.127. The summed E-state index contributed by atoms with van der Waals surface area (Å²) >= 11 is 0. The van der Waals surface area contributed by atoms with Crippen LogP contribution in [-0.2, 0) is 16.1 Å². The lowest BCUT2D eigenvalue weighted by Crippen LogP contribution is -2.60. The van der Waals surface area contributed by atoms with E-state index < -0.39 is 11.5 Å². The predicted octanol–water partition coefficient (Wildman–Crippen LogP) is 1.55. The molecule has 4 bridgehead atoms. The van der Waals surface area contributed by atoms with E-state index in [1.807, 2.05) is 0 Å². The number of aromatic nitrogens is 3. The van der Waals surface area contributed by atoms with Gasteiger partial charge in [-0.1, -0.05) is 0 Å². The summed E-state index contributed by atoms with van der Waals surface area (Å²) in [5.74, 6) is 1.56. The maximum atomic E-state index is 12.9. The number of H-pyrrole nitrogens is 1. The molecule has 28 heavy (non-hydrogen) atoms. The van der Waals surface area contributed by atoms with Crippen molar-refractivity contribution >= 4 is 11.9 Å². The molecule has 2 aliphatic heterocycles. The van der Waals surface area contributed by atoms with Crippen LogP contribution in [0.4, 0.5) is 0 Å². The van der Waals surface area contributed by atoms with Crippen LogP contribution in [0.25, 0.3) is 11.3 Å². The third-order valence-electron chi connectivity index (χ3n) is 6.79. The monoisotopic (exact) mass is 384 g/mol. The average molecular weight is 384 g/mol. The number of carbonyl (C=O) groups is 2. The molecular formula is C20H24N4O4. The predicted molar refractivity (Wildman–Crippen MR) is 99.9 cm³/mol. The number of fused-ring (bicyclic) bond motifs is 1. The van der Waals surface area contributed by atoms with Crippen LogP contribution in [0.3, 0.4) is 0 Å². The largest absolute Gasteiger partial charge is 0.465 e. The quantitative estimate of drug-likeness (QED) is 0.778. The SMILES string of the molecule is COC(=O)c1cn(CC(=O)NC23CC4CC(CC(C4)C2)C3)cc2c(=O)[nH]nc1-2. The molecule has 6 aliphatic rings. The molecule has 148 valence electrons. The average Bonchev–Trinajstić information content (AvgIpc) is 2.99. The first-order valence-electron chi connectivity index (χ1n) is 9.92. The van der Waals surface area contributed by atoms with Gasteiger partial charge in [0.25, 0.3) is 5.56 Å². The first kappa shape index (κ1) is 17.5. The van der Waals surface area contributed by atoms with Crippen LogP contribution in [0.2, 0.25) is 0 Å². The maximum absolute atomic E-state index is 12.9.